The zero-order valence-corrected chi connectivity index (χ0v) is 10.2. The number of rotatable bonds is 2. The van der Waals surface area contributed by atoms with Crippen LogP contribution in [0.15, 0.2) is 30.5 Å². The van der Waals surface area contributed by atoms with Crippen LogP contribution in [0.5, 0.6) is 0 Å². The van der Waals surface area contributed by atoms with Crippen LogP contribution in [0, 0.1) is 13.8 Å². The predicted octanol–water partition coefficient (Wildman–Crippen LogP) is 2.29. The van der Waals surface area contributed by atoms with Crippen molar-refractivity contribution in [3.63, 3.8) is 0 Å². The number of nitrogens with one attached hydrogen (secondary N) is 1. The summed E-state index contributed by atoms with van der Waals surface area (Å²) in [6.07, 6.45) is 1.72. The average Bonchev–Trinajstić information content (AvgIpc) is 2.61. The molecule has 0 aliphatic heterocycles. The van der Waals surface area contributed by atoms with Crippen molar-refractivity contribution >= 4 is 11.6 Å². The predicted molar refractivity (Wildman–Crippen MR) is 67.1 cm³/mol. The smallest absolute Gasteiger partial charge is 0.259 e. The maximum atomic E-state index is 12.0. The number of hydrogen-bond acceptors (Lipinski definition) is 2. The molecule has 2 aromatic rings. The zero-order valence-electron chi connectivity index (χ0n) is 10.2. The summed E-state index contributed by atoms with van der Waals surface area (Å²) in [6, 6.07) is 7.70. The fourth-order valence-electron chi connectivity index (χ4n) is 1.66. The van der Waals surface area contributed by atoms with Crippen LogP contribution >= 0.6 is 0 Å². The van der Waals surface area contributed by atoms with Crippen molar-refractivity contribution < 1.29 is 4.79 Å². The molecule has 2 rings (SSSR count). The number of hydrogen-bond donors (Lipinski definition) is 1. The first-order chi connectivity index (χ1) is 8.06. The number of aryl methyl sites for hydroxylation is 3. The van der Waals surface area contributed by atoms with E-state index in [9.17, 15) is 4.79 Å². The second kappa shape index (κ2) is 4.41. The molecule has 0 atom stereocenters. The molecule has 1 amide bonds. The molecule has 1 aromatic heterocycles. The van der Waals surface area contributed by atoms with Crippen LogP contribution in [0.25, 0.3) is 0 Å². The molecular formula is C13H15N3O. The van der Waals surface area contributed by atoms with Crippen LogP contribution < -0.4 is 5.32 Å². The van der Waals surface area contributed by atoms with Crippen molar-refractivity contribution in [2.24, 2.45) is 7.05 Å². The molecule has 0 aliphatic carbocycles. The van der Waals surface area contributed by atoms with E-state index in [-0.39, 0.29) is 5.91 Å². The molecule has 1 aromatic carbocycles. The van der Waals surface area contributed by atoms with E-state index >= 15 is 0 Å². The van der Waals surface area contributed by atoms with Gasteiger partial charge in [-0.2, -0.15) is 5.10 Å². The minimum Gasteiger partial charge on any atom is -0.322 e. The van der Waals surface area contributed by atoms with Gasteiger partial charge in [-0.15, -0.1) is 0 Å². The van der Waals surface area contributed by atoms with Crippen LogP contribution in [-0.2, 0) is 7.05 Å². The highest BCUT2D eigenvalue weighted by Crippen LogP contribution is 2.12. The lowest BCUT2D eigenvalue weighted by molar-refractivity contribution is 0.102. The molecule has 0 unspecified atom stereocenters. The van der Waals surface area contributed by atoms with Crippen molar-refractivity contribution in [2.45, 2.75) is 13.8 Å². The van der Waals surface area contributed by atoms with Crippen LogP contribution in [0.4, 0.5) is 5.69 Å². The second-order valence-electron chi connectivity index (χ2n) is 4.12. The van der Waals surface area contributed by atoms with Crippen LogP contribution in [0.3, 0.4) is 0 Å². The quantitative estimate of drug-likeness (QED) is 0.858. The highest BCUT2D eigenvalue weighted by Gasteiger charge is 2.12. The van der Waals surface area contributed by atoms with Gasteiger partial charge in [-0.05, 0) is 26.0 Å². The van der Waals surface area contributed by atoms with E-state index in [0.29, 0.717) is 5.56 Å². The van der Waals surface area contributed by atoms with E-state index in [1.807, 2.05) is 38.1 Å². The number of carbonyl (C=O) groups excluding carboxylic acids is 1. The van der Waals surface area contributed by atoms with Crippen molar-refractivity contribution in [1.29, 1.82) is 0 Å². The summed E-state index contributed by atoms with van der Waals surface area (Å²) < 4.78 is 1.64. The largest absolute Gasteiger partial charge is 0.322 e. The van der Waals surface area contributed by atoms with E-state index in [2.05, 4.69) is 10.4 Å². The summed E-state index contributed by atoms with van der Waals surface area (Å²) in [7, 11) is 1.80. The van der Waals surface area contributed by atoms with Gasteiger partial charge >= 0.3 is 0 Å². The summed E-state index contributed by atoms with van der Waals surface area (Å²) in [5, 5.41) is 6.99. The Morgan fingerprint density at radius 3 is 2.41 bits per heavy atom. The lowest BCUT2D eigenvalue weighted by atomic mass is 10.2. The SMILES string of the molecule is Cc1ccc(NC(=O)c2cn(C)nc2C)cc1. The first-order valence-electron chi connectivity index (χ1n) is 5.44. The normalized spacial score (nSPS) is 10.3. The molecule has 4 nitrogen and oxygen atoms in total. The average molecular weight is 229 g/mol. The second-order valence-corrected chi connectivity index (χ2v) is 4.12. The molecule has 0 radical (unpaired) electrons. The van der Waals surface area contributed by atoms with Gasteiger partial charge < -0.3 is 5.32 Å². The summed E-state index contributed by atoms with van der Waals surface area (Å²) in [5.74, 6) is -0.126. The number of amides is 1. The standard InChI is InChI=1S/C13H15N3O/c1-9-4-6-11(7-5-9)14-13(17)12-8-16(3)15-10(12)2/h4-8H,1-3H3,(H,14,17). The fraction of sp³-hybridized carbons (Fsp3) is 0.231. The highest BCUT2D eigenvalue weighted by molar-refractivity contribution is 6.04. The van der Waals surface area contributed by atoms with Gasteiger partial charge in [0.15, 0.2) is 0 Å². The Morgan fingerprint density at radius 1 is 1.24 bits per heavy atom. The van der Waals surface area contributed by atoms with E-state index in [4.69, 9.17) is 0 Å². The Morgan fingerprint density at radius 2 is 1.88 bits per heavy atom. The lowest BCUT2D eigenvalue weighted by Gasteiger charge is -2.04. The summed E-state index contributed by atoms with van der Waals surface area (Å²) >= 11 is 0. The first-order valence-corrected chi connectivity index (χ1v) is 5.44. The van der Waals surface area contributed by atoms with Gasteiger partial charge in [-0.3, -0.25) is 9.48 Å². The van der Waals surface area contributed by atoms with Gasteiger partial charge in [0.1, 0.15) is 0 Å². The topological polar surface area (TPSA) is 46.9 Å². The zero-order chi connectivity index (χ0) is 12.4. The van der Waals surface area contributed by atoms with Crippen LogP contribution in [0.1, 0.15) is 21.6 Å². The van der Waals surface area contributed by atoms with Gasteiger partial charge in [0.2, 0.25) is 0 Å². The molecule has 0 saturated heterocycles. The van der Waals surface area contributed by atoms with Gasteiger partial charge in [0.05, 0.1) is 11.3 Å². The lowest BCUT2D eigenvalue weighted by Crippen LogP contribution is -2.12. The fourth-order valence-corrected chi connectivity index (χ4v) is 1.66. The summed E-state index contributed by atoms with van der Waals surface area (Å²) in [4.78, 5) is 12.0. The molecule has 0 aliphatic rings. The molecule has 0 fully saturated rings. The van der Waals surface area contributed by atoms with Crippen LogP contribution in [-0.4, -0.2) is 15.7 Å². The van der Waals surface area contributed by atoms with Crippen molar-refractivity contribution in [1.82, 2.24) is 9.78 Å². The van der Waals surface area contributed by atoms with E-state index in [1.165, 1.54) is 5.56 Å². The Labute approximate surface area is 100 Å². The van der Waals surface area contributed by atoms with E-state index in [1.54, 1.807) is 17.9 Å². The summed E-state index contributed by atoms with van der Waals surface area (Å²) in [6.45, 7) is 3.83. The number of carbonyl (C=O) groups is 1. The Kier molecular flexibility index (Phi) is 2.95. The summed E-state index contributed by atoms with van der Waals surface area (Å²) in [5.41, 5.74) is 3.30. The Balaban J connectivity index is 2.17. The highest BCUT2D eigenvalue weighted by atomic mass is 16.1. The van der Waals surface area contributed by atoms with E-state index < -0.39 is 0 Å². The molecule has 0 saturated carbocycles. The number of benzene rings is 1. The van der Waals surface area contributed by atoms with Gasteiger partial charge in [0.25, 0.3) is 5.91 Å². The van der Waals surface area contributed by atoms with Crippen molar-refractivity contribution in [3.05, 3.63) is 47.3 Å². The minimum atomic E-state index is -0.126. The van der Waals surface area contributed by atoms with Crippen molar-refractivity contribution in [2.75, 3.05) is 5.32 Å². The molecule has 17 heavy (non-hydrogen) atoms. The number of aromatic nitrogens is 2. The van der Waals surface area contributed by atoms with Gasteiger partial charge in [-0.25, -0.2) is 0 Å². The third-order valence-corrected chi connectivity index (χ3v) is 2.57. The molecule has 4 heteroatoms. The molecule has 0 bridgehead atoms. The third kappa shape index (κ3) is 2.53. The van der Waals surface area contributed by atoms with Crippen LogP contribution in [0.2, 0.25) is 0 Å². The van der Waals surface area contributed by atoms with Gasteiger partial charge in [-0.1, -0.05) is 17.7 Å². The molecular weight excluding hydrogens is 214 g/mol. The molecule has 1 heterocycles. The maximum absolute atomic E-state index is 12.0. The van der Waals surface area contributed by atoms with Crippen molar-refractivity contribution in [3.8, 4) is 0 Å². The number of nitrogens with zero attached hydrogens (tertiary/aromatic N) is 2. The first kappa shape index (κ1) is 11.4. The van der Waals surface area contributed by atoms with Gasteiger partial charge in [0, 0.05) is 18.9 Å². The van der Waals surface area contributed by atoms with E-state index in [0.717, 1.165) is 11.4 Å². The molecule has 1 N–H and O–H groups in total. The minimum absolute atomic E-state index is 0.126. The third-order valence-electron chi connectivity index (χ3n) is 2.57. The number of anilines is 1. The molecule has 88 valence electrons. The molecule has 0 spiro atoms. The Hall–Kier alpha value is -2.10. The monoisotopic (exact) mass is 229 g/mol. The maximum Gasteiger partial charge on any atom is 0.259 e. The Bertz CT molecular complexity index is 540.